The number of hydrogen-bond donors (Lipinski definition) is 1. The lowest BCUT2D eigenvalue weighted by molar-refractivity contribution is 0.149. The number of nitrogens with zero attached hydrogens (tertiary/aromatic N) is 2. The Balaban J connectivity index is 1.92. The van der Waals surface area contributed by atoms with E-state index in [0.717, 1.165) is 42.8 Å². The molecule has 1 aliphatic heterocycles. The maximum atomic E-state index is 5.39. The molecule has 1 aromatic heterocycles. The molecule has 1 saturated heterocycles. The van der Waals surface area contributed by atoms with Gasteiger partial charge >= 0.3 is 0 Å². The van der Waals surface area contributed by atoms with E-state index in [9.17, 15) is 0 Å². The van der Waals surface area contributed by atoms with Gasteiger partial charge in [-0.05, 0) is 13.5 Å². The Morgan fingerprint density at radius 1 is 1.44 bits per heavy atom. The fraction of sp³-hybridized carbons (Fsp3) is 0.833. The number of aromatic nitrogens is 2. The molecule has 2 heterocycles. The molecule has 0 amide bonds. The molecule has 0 aliphatic carbocycles. The van der Waals surface area contributed by atoms with Crippen molar-refractivity contribution in [1.82, 2.24) is 15.5 Å². The molecule has 1 fully saturated rings. The van der Waals surface area contributed by atoms with Crippen LogP contribution in [0.5, 0.6) is 0 Å². The van der Waals surface area contributed by atoms with Gasteiger partial charge in [0.05, 0.1) is 12.5 Å². The monoisotopic (exact) mass is 271 g/mol. The molecule has 2 atom stereocenters. The molecule has 0 saturated carbocycles. The summed E-state index contributed by atoms with van der Waals surface area (Å²) in [6.07, 6.45) is 0.725. The number of rotatable bonds is 7. The van der Waals surface area contributed by atoms with Crippen molar-refractivity contribution < 1.29 is 9.26 Å². The van der Waals surface area contributed by atoms with Crippen LogP contribution in [0.3, 0.4) is 0 Å². The minimum atomic E-state index is 0.350. The average Bonchev–Trinajstić information content (AvgIpc) is 2.98. The van der Waals surface area contributed by atoms with Crippen LogP contribution in [0.2, 0.25) is 0 Å². The smallest absolute Gasteiger partial charge is 0.232 e. The highest BCUT2D eigenvalue weighted by molar-refractivity contribution is 7.99. The fourth-order valence-electron chi connectivity index (χ4n) is 2.09. The largest absolute Gasteiger partial charge is 0.381 e. The van der Waals surface area contributed by atoms with E-state index in [1.54, 1.807) is 0 Å². The van der Waals surface area contributed by atoms with Crippen LogP contribution in [0.15, 0.2) is 4.52 Å². The summed E-state index contributed by atoms with van der Waals surface area (Å²) in [6.45, 7) is 6.48. The molecule has 1 aliphatic rings. The van der Waals surface area contributed by atoms with Crippen molar-refractivity contribution in [3.8, 4) is 0 Å². The van der Waals surface area contributed by atoms with Gasteiger partial charge in [0, 0.05) is 30.6 Å². The van der Waals surface area contributed by atoms with Gasteiger partial charge in [0.2, 0.25) is 5.89 Å². The number of hydrogen-bond acceptors (Lipinski definition) is 6. The molecule has 5 nitrogen and oxygen atoms in total. The van der Waals surface area contributed by atoms with Crippen LogP contribution in [0.4, 0.5) is 0 Å². The zero-order valence-electron chi connectivity index (χ0n) is 11.0. The second kappa shape index (κ2) is 7.11. The lowest BCUT2D eigenvalue weighted by Gasteiger charge is -2.15. The lowest BCUT2D eigenvalue weighted by Crippen LogP contribution is -2.34. The second-order valence-corrected chi connectivity index (χ2v) is 5.38. The zero-order chi connectivity index (χ0) is 12.8. The summed E-state index contributed by atoms with van der Waals surface area (Å²) >= 11 is 1.94. The van der Waals surface area contributed by atoms with Crippen molar-refractivity contribution in [2.24, 2.45) is 0 Å². The minimum Gasteiger partial charge on any atom is -0.381 e. The molecular weight excluding hydrogens is 250 g/mol. The summed E-state index contributed by atoms with van der Waals surface area (Å²) in [6, 6.07) is 0.459. The summed E-state index contributed by atoms with van der Waals surface area (Å²) in [5.74, 6) is 4.06. The van der Waals surface area contributed by atoms with E-state index >= 15 is 0 Å². The predicted molar refractivity (Wildman–Crippen MR) is 72.0 cm³/mol. The molecule has 0 spiro atoms. The van der Waals surface area contributed by atoms with Gasteiger partial charge in [0.15, 0.2) is 5.82 Å². The van der Waals surface area contributed by atoms with Gasteiger partial charge in [-0.15, -0.1) is 0 Å². The van der Waals surface area contributed by atoms with E-state index in [2.05, 4.69) is 22.4 Å². The maximum Gasteiger partial charge on any atom is 0.232 e. The third kappa shape index (κ3) is 3.46. The quantitative estimate of drug-likeness (QED) is 0.758. The van der Waals surface area contributed by atoms with Crippen molar-refractivity contribution in [2.75, 3.05) is 31.3 Å². The fourth-order valence-corrected chi connectivity index (χ4v) is 3.46. The third-order valence-corrected chi connectivity index (χ3v) is 4.21. The summed E-state index contributed by atoms with van der Waals surface area (Å²) in [5.41, 5.74) is 0. The Labute approximate surface area is 112 Å². The summed E-state index contributed by atoms with van der Waals surface area (Å²) in [7, 11) is 0. The highest BCUT2D eigenvalue weighted by atomic mass is 32.2. The Morgan fingerprint density at radius 3 is 3.11 bits per heavy atom. The molecular formula is C12H21N3O2S. The van der Waals surface area contributed by atoms with Crippen LogP contribution in [-0.2, 0) is 11.2 Å². The van der Waals surface area contributed by atoms with E-state index in [-0.39, 0.29) is 0 Å². The van der Waals surface area contributed by atoms with Gasteiger partial charge in [-0.1, -0.05) is 12.1 Å². The molecule has 1 N–H and O–H groups in total. The van der Waals surface area contributed by atoms with Crippen LogP contribution >= 0.6 is 11.8 Å². The lowest BCUT2D eigenvalue weighted by atomic mass is 10.0. The Kier molecular flexibility index (Phi) is 5.46. The van der Waals surface area contributed by atoms with Crippen LogP contribution in [0.1, 0.15) is 31.5 Å². The molecule has 0 bridgehead atoms. The Hall–Kier alpha value is -0.590. The van der Waals surface area contributed by atoms with Gasteiger partial charge < -0.3 is 14.6 Å². The maximum absolute atomic E-state index is 5.39. The normalized spacial score (nSPS) is 23.7. The van der Waals surface area contributed by atoms with Gasteiger partial charge in [-0.2, -0.15) is 16.7 Å². The molecule has 1 aromatic rings. The topological polar surface area (TPSA) is 60.2 Å². The number of nitrogens with one attached hydrogen (secondary N) is 1. The van der Waals surface area contributed by atoms with Crippen molar-refractivity contribution >= 4 is 11.8 Å². The first-order valence-corrected chi connectivity index (χ1v) is 7.72. The highest BCUT2D eigenvalue weighted by Gasteiger charge is 2.32. The van der Waals surface area contributed by atoms with Gasteiger partial charge in [-0.3, -0.25) is 0 Å². The molecule has 0 radical (unpaired) electrons. The number of likely N-dealkylation sites (N-methyl/N-ethyl adjacent to an activating group) is 1. The van der Waals surface area contributed by atoms with E-state index < -0.39 is 0 Å². The minimum absolute atomic E-state index is 0.350. The predicted octanol–water partition coefficient (Wildman–Crippen LogP) is 1.46. The van der Waals surface area contributed by atoms with E-state index in [4.69, 9.17) is 9.26 Å². The van der Waals surface area contributed by atoms with Crippen LogP contribution < -0.4 is 5.32 Å². The molecule has 18 heavy (non-hydrogen) atoms. The van der Waals surface area contributed by atoms with Crippen LogP contribution in [0.25, 0.3) is 0 Å². The summed E-state index contributed by atoms with van der Waals surface area (Å²) in [5, 5.41) is 7.51. The van der Waals surface area contributed by atoms with Crippen molar-refractivity contribution in [2.45, 2.75) is 32.2 Å². The molecule has 0 aromatic carbocycles. The second-order valence-electron chi connectivity index (χ2n) is 4.30. The van der Waals surface area contributed by atoms with Crippen molar-refractivity contribution in [3.63, 3.8) is 0 Å². The SMILES string of the molecule is CCNC1CSCC1c1nc(CCOCC)no1. The summed E-state index contributed by atoms with van der Waals surface area (Å²) in [4.78, 5) is 4.49. The van der Waals surface area contributed by atoms with Gasteiger partial charge in [-0.25, -0.2) is 0 Å². The van der Waals surface area contributed by atoms with Gasteiger partial charge in [0.25, 0.3) is 0 Å². The first kappa shape index (κ1) is 13.8. The Bertz CT molecular complexity index is 359. The first-order valence-electron chi connectivity index (χ1n) is 6.56. The zero-order valence-corrected chi connectivity index (χ0v) is 11.8. The van der Waals surface area contributed by atoms with E-state index in [0.29, 0.717) is 18.6 Å². The van der Waals surface area contributed by atoms with Gasteiger partial charge in [0.1, 0.15) is 0 Å². The molecule has 102 valence electrons. The molecule has 6 heteroatoms. The number of ether oxygens (including phenoxy) is 1. The standard InChI is InChI=1S/C12H21N3O2S/c1-3-13-10-8-18-7-9(10)12-14-11(15-17-12)5-6-16-4-2/h9-10,13H,3-8H2,1-2H3. The Morgan fingerprint density at radius 2 is 2.33 bits per heavy atom. The van der Waals surface area contributed by atoms with Crippen molar-refractivity contribution in [3.05, 3.63) is 11.7 Å². The molecule has 2 unspecified atom stereocenters. The third-order valence-electron chi connectivity index (χ3n) is 3.02. The number of thioether (sulfide) groups is 1. The highest BCUT2D eigenvalue weighted by Crippen LogP contribution is 2.31. The first-order chi connectivity index (χ1) is 8.85. The average molecular weight is 271 g/mol. The van der Waals surface area contributed by atoms with Crippen LogP contribution in [0, 0.1) is 0 Å². The summed E-state index contributed by atoms with van der Waals surface area (Å²) < 4.78 is 10.7. The van der Waals surface area contributed by atoms with E-state index in [1.807, 2.05) is 18.7 Å². The molecule has 2 rings (SSSR count). The van der Waals surface area contributed by atoms with Crippen molar-refractivity contribution in [1.29, 1.82) is 0 Å². The van der Waals surface area contributed by atoms with Crippen LogP contribution in [-0.4, -0.2) is 47.4 Å². The van der Waals surface area contributed by atoms with E-state index in [1.165, 1.54) is 0 Å².